The average Bonchev–Trinajstić information content (AvgIpc) is 2.29. The Morgan fingerprint density at radius 2 is 2.00 bits per heavy atom. The van der Waals surface area contributed by atoms with Crippen LogP contribution >= 0.6 is 0 Å². The van der Waals surface area contributed by atoms with Crippen molar-refractivity contribution in [1.82, 2.24) is 4.90 Å². The number of hydrogen-bond acceptors (Lipinski definition) is 2. The monoisotopic (exact) mass is 241 g/mol. The molecule has 0 aromatic rings. The van der Waals surface area contributed by atoms with Crippen molar-refractivity contribution in [2.75, 3.05) is 13.6 Å². The van der Waals surface area contributed by atoms with Crippen LogP contribution < -0.4 is 0 Å². The SMILES string of the molecule is CCC(C)CN(C)C1(C(=O)O)CCC(C)CC1. The maximum Gasteiger partial charge on any atom is 0.324 e. The minimum atomic E-state index is -0.629. The van der Waals surface area contributed by atoms with Crippen molar-refractivity contribution in [2.45, 2.75) is 58.4 Å². The summed E-state index contributed by atoms with van der Waals surface area (Å²) in [5, 5.41) is 9.59. The van der Waals surface area contributed by atoms with Gasteiger partial charge < -0.3 is 5.11 Å². The molecule has 0 aromatic carbocycles. The Morgan fingerprint density at radius 3 is 2.41 bits per heavy atom. The first-order valence-corrected chi connectivity index (χ1v) is 6.87. The quantitative estimate of drug-likeness (QED) is 0.804. The fourth-order valence-electron chi connectivity index (χ4n) is 2.77. The lowest BCUT2D eigenvalue weighted by Crippen LogP contribution is -2.55. The first kappa shape index (κ1) is 14.5. The van der Waals surface area contributed by atoms with Crippen LogP contribution in [0.3, 0.4) is 0 Å². The van der Waals surface area contributed by atoms with Crippen LogP contribution in [0.4, 0.5) is 0 Å². The molecule has 0 amide bonds. The molecule has 1 atom stereocenters. The summed E-state index contributed by atoms with van der Waals surface area (Å²) in [6, 6.07) is 0. The van der Waals surface area contributed by atoms with Crippen molar-refractivity contribution in [1.29, 1.82) is 0 Å². The smallest absolute Gasteiger partial charge is 0.324 e. The van der Waals surface area contributed by atoms with Gasteiger partial charge in [-0.1, -0.05) is 27.2 Å². The van der Waals surface area contributed by atoms with Gasteiger partial charge in [-0.3, -0.25) is 9.69 Å². The Morgan fingerprint density at radius 1 is 1.47 bits per heavy atom. The molecule has 3 heteroatoms. The second-order valence-corrected chi connectivity index (χ2v) is 5.91. The molecule has 3 nitrogen and oxygen atoms in total. The van der Waals surface area contributed by atoms with Gasteiger partial charge in [0.25, 0.3) is 0 Å². The van der Waals surface area contributed by atoms with Crippen LogP contribution in [-0.2, 0) is 4.79 Å². The molecule has 0 saturated heterocycles. The second-order valence-electron chi connectivity index (χ2n) is 5.91. The van der Waals surface area contributed by atoms with E-state index in [9.17, 15) is 9.90 Å². The van der Waals surface area contributed by atoms with Crippen LogP contribution in [0.5, 0.6) is 0 Å². The maximum atomic E-state index is 11.7. The summed E-state index contributed by atoms with van der Waals surface area (Å²) < 4.78 is 0. The van der Waals surface area contributed by atoms with E-state index < -0.39 is 11.5 Å². The zero-order valence-corrected chi connectivity index (χ0v) is 11.7. The van der Waals surface area contributed by atoms with Gasteiger partial charge in [-0.05, 0) is 44.6 Å². The molecule has 0 spiro atoms. The standard InChI is InChI=1S/C14H27NO2/c1-5-11(2)10-15(4)14(13(16)17)8-6-12(3)7-9-14/h11-12H,5-10H2,1-4H3,(H,16,17). The van der Waals surface area contributed by atoms with Gasteiger partial charge in [-0.15, -0.1) is 0 Å². The predicted octanol–water partition coefficient (Wildman–Crippen LogP) is 3.00. The summed E-state index contributed by atoms with van der Waals surface area (Å²) in [6.07, 6.45) is 4.79. The molecular weight excluding hydrogens is 214 g/mol. The molecule has 1 aliphatic rings. The summed E-state index contributed by atoms with van der Waals surface area (Å²) in [6.45, 7) is 7.46. The zero-order chi connectivity index (χ0) is 13.1. The first-order valence-electron chi connectivity index (χ1n) is 6.87. The highest BCUT2D eigenvalue weighted by atomic mass is 16.4. The van der Waals surface area contributed by atoms with E-state index in [1.165, 1.54) is 0 Å². The molecule has 1 rings (SSSR count). The number of nitrogens with zero attached hydrogens (tertiary/aromatic N) is 1. The summed E-state index contributed by atoms with van der Waals surface area (Å²) >= 11 is 0. The van der Waals surface area contributed by atoms with Gasteiger partial charge in [0, 0.05) is 6.54 Å². The van der Waals surface area contributed by atoms with Crippen molar-refractivity contribution in [2.24, 2.45) is 11.8 Å². The molecule has 100 valence electrons. The van der Waals surface area contributed by atoms with E-state index in [1.54, 1.807) is 0 Å². The van der Waals surface area contributed by atoms with E-state index in [0.717, 1.165) is 38.6 Å². The molecular formula is C14H27NO2. The normalized spacial score (nSPS) is 31.5. The highest BCUT2D eigenvalue weighted by molar-refractivity contribution is 5.78. The molecule has 1 aliphatic carbocycles. The third-order valence-electron chi connectivity index (χ3n) is 4.51. The van der Waals surface area contributed by atoms with Crippen LogP contribution in [0.2, 0.25) is 0 Å². The van der Waals surface area contributed by atoms with Crippen LogP contribution in [0.25, 0.3) is 0 Å². The Balaban J connectivity index is 2.74. The van der Waals surface area contributed by atoms with E-state index >= 15 is 0 Å². The molecule has 1 N–H and O–H groups in total. The van der Waals surface area contributed by atoms with E-state index in [-0.39, 0.29) is 0 Å². The van der Waals surface area contributed by atoms with Gasteiger partial charge in [-0.2, -0.15) is 0 Å². The number of hydrogen-bond donors (Lipinski definition) is 1. The molecule has 1 fully saturated rings. The largest absolute Gasteiger partial charge is 0.480 e. The van der Waals surface area contributed by atoms with Crippen LogP contribution in [-0.4, -0.2) is 35.1 Å². The fourth-order valence-corrected chi connectivity index (χ4v) is 2.77. The lowest BCUT2D eigenvalue weighted by Gasteiger charge is -2.43. The highest BCUT2D eigenvalue weighted by Crippen LogP contribution is 2.36. The summed E-state index contributed by atoms with van der Waals surface area (Å²) in [5.74, 6) is 0.616. The van der Waals surface area contributed by atoms with Gasteiger partial charge in [-0.25, -0.2) is 0 Å². The summed E-state index contributed by atoms with van der Waals surface area (Å²) in [5.41, 5.74) is -0.601. The van der Waals surface area contributed by atoms with Crippen LogP contribution in [0.1, 0.15) is 52.9 Å². The maximum absolute atomic E-state index is 11.7. The van der Waals surface area contributed by atoms with Gasteiger partial charge in [0.1, 0.15) is 5.54 Å². The van der Waals surface area contributed by atoms with E-state index in [1.807, 2.05) is 7.05 Å². The van der Waals surface area contributed by atoms with E-state index in [0.29, 0.717) is 11.8 Å². The minimum absolute atomic E-state index is 0.565. The second kappa shape index (κ2) is 5.85. The molecule has 0 aliphatic heterocycles. The molecule has 0 aromatic heterocycles. The third kappa shape index (κ3) is 3.21. The zero-order valence-electron chi connectivity index (χ0n) is 11.7. The number of carbonyl (C=O) groups is 1. The lowest BCUT2D eigenvalue weighted by atomic mass is 9.76. The first-order chi connectivity index (χ1) is 7.92. The Labute approximate surface area is 105 Å². The molecule has 0 bridgehead atoms. The predicted molar refractivity (Wildman–Crippen MR) is 70.1 cm³/mol. The fraction of sp³-hybridized carbons (Fsp3) is 0.929. The molecule has 1 saturated carbocycles. The van der Waals surface area contributed by atoms with Gasteiger partial charge in [0.15, 0.2) is 0 Å². The van der Waals surface area contributed by atoms with Crippen molar-refractivity contribution < 1.29 is 9.90 Å². The van der Waals surface area contributed by atoms with Crippen molar-refractivity contribution in [3.05, 3.63) is 0 Å². The Kier molecular flexibility index (Phi) is 4.99. The number of carboxylic acids is 1. The summed E-state index contributed by atoms with van der Waals surface area (Å²) in [4.78, 5) is 13.7. The van der Waals surface area contributed by atoms with Crippen LogP contribution in [0.15, 0.2) is 0 Å². The third-order valence-corrected chi connectivity index (χ3v) is 4.51. The van der Waals surface area contributed by atoms with E-state index in [4.69, 9.17) is 0 Å². The van der Waals surface area contributed by atoms with Crippen molar-refractivity contribution in [3.63, 3.8) is 0 Å². The van der Waals surface area contributed by atoms with Crippen LogP contribution in [0, 0.1) is 11.8 Å². The molecule has 1 unspecified atom stereocenters. The topological polar surface area (TPSA) is 40.5 Å². The van der Waals surface area contributed by atoms with E-state index in [2.05, 4.69) is 25.7 Å². The number of carboxylic acid groups (broad SMARTS) is 1. The number of likely N-dealkylation sites (N-methyl/N-ethyl adjacent to an activating group) is 1. The highest BCUT2D eigenvalue weighted by Gasteiger charge is 2.44. The molecule has 17 heavy (non-hydrogen) atoms. The number of aliphatic carboxylic acids is 1. The van der Waals surface area contributed by atoms with Gasteiger partial charge in [0.05, 0.1) is 0 Å². The Hall–Kier alpha value is -0.570. The Bertz CT molecular complexity index is 257. The van der Waals surface area contributed by atoms with Gasteiger partial charge in [0.2, 0.25) is 0 Å². The van der Waals surface area contributed by atoms with Gasteiger partial charge >= 0.3 is 5.97 Å². The summed E-state index contributed by atoms with van der Waals surface area (Å²) in [7, 11) is 1.98. The minimum Gasteiger partial charge on any atom is -0.480 e. The number of rotatable bonds is 5. The van der Waals surface area contributed by atoms with Crippen molar-refractivity contribution >= 4 is 5.97 Å². The molecule has 0 radical (unpaired) electrons. The average molecular weight is 241 g/mol. The molecule has 0 heterocycles. The lowest BCUT2D eigenvalue weighted by molar-refractivity contribution is -0.154. The van der Waals surface area contributed by atoms with Crippen molar-refractivity contribution in [3.8, 4) is 0 Å².